The van der Waals surface area contributed by atoms with Gasteiger partial charge in [0.15, 0.2) is 11.6 Å². The highest BCUT2D eigenvalue weighted by atomic mass is 32.2. The van der Waals surface area contributed by atoms with Crippen LogP contribution in [0.4, 0.5) is 5.95 Å². The van der Waals surface area contributed by atoms with Crippen LogP contribution in [0.3, 0.4) is 0 Å². The van der Waals surface area contributed by atoms with Crippen molar-refractivity contribution in [2.75, 3.05) is 25.0 Å². The van der Waals surface area contributed by atoms with E-state index in [2.05, 4.69) is 29.9 Å². The van der Waals surface area contributed by atoms with Gasteiger partial charge in [-0.1, -0.05) is 0 Å². The van der Waals surface area contributed by atoms with Gasteiger partial charge in [-0.05, 0) is 45.4 Å². The molecule has 4 rings (SSSR count). The zero-order chi connectivity index (χ0) is 25.2. The lowest BCUT2D eigenvalue weighted by Gasteiger charge is -2.26. The maximum Gasteiger partial charge on any atom is 0.240 e. The largest absolute Gasteiger partial charge is 0.475 e. The number of ether oxygens (including phenoxy) is 3. The molecule has 0 bridgehead atoms. The SMILES string of the molecule is COC[C@H]1COc2ncccc2-c2nnc(NS(=O)(=O)[C@@H](C)[C@@H](OC(C)C)c3ncc(C)cn3)n21. The fraction of sp³-hybridized carbons (Fsp3) is 0.500. The van der Waals surface area contributed by atoms with E-state index in [0.29, 0.717) is 17.3 Å². The highest BCUT2D eigenvalue weighted by molar-refractivity contribution is 7.93. The first-order chi connectivity index (χ1) is 16.7. The molecule has 3 atom stereocenters. The first kappa shape index (κ1) is 24.9. The zero-order valence-electron chi connectivity index (χ0n) is 20.2. The van der Waals surface area contributed by atoms with E-state index in [4.69, 9.17) is 14.2 Å². The molecule has 0 saturated carbocycles. The van der Waals surface area contributed by atoms with E-state index in [9.17, 15) is 8.42 Å². The van der Waals surface area contributed by atoms with Crippen molar-refractivity contribution in [1.29, 1.82) is 0 Å². The van der Waals surface area contributed by atoms with Crippen molar-refractivity contribution in [3.63, 3.8) is 0 Å². The number of nitrogens with one attached hydrogen (secondary N) is 1. The van der Waals surface area contributed by atoms with Crippen molar-refractivity contribution in [3.8, 4) is 17.3 Å². The molecule has 1 aliphatic heterocycles. The Morgan fingerprint density at radius 1 is 1.20 bits per heavy atom. The normalized spacial score (nSPS) is 17.1. The molecule has 4 heterocycles. The summed E-state index contributed by atoms with van der Waals surface area (Å²) in [6.07, 6.45) is 3.72. The zero-order valence-corrected chi connectivity index (χ0v) is 21.1. The number of anilines is 1. The summed E-state index contributed by atoms with van der Waals surface area (Å²) in [5.74, 6) is 1.15. The quantitative estimate of drug-likeness (QED) is 0.462. The second-order valence-corrected chi connectivity index (χ2v) is 10.6. The van der Waals surface area contributed by atoms with Crippen LogP contribution in [0.15, 0.2) is 30.7 Å². The Bertz CT molecular complexity index is 1260. The second kappa shape index (κ2) is 10.2. The van der Waals surface area contributed by atoms with Gasteiger partial charge in [-0.3, -0.25) is 9.29 Å². The molecule has 0 aromatic carbocycles. The fourth-order valence-electron chi connectivity index (χ4n) is 3.74. The number of aryl methyl sites for hydroxylation is 1. The topological polar surface area (TPSA) is 143 Å². The molecule has 188 valence electrons. The van der Waals surface area contributed by atoms with Crippen LogP contribution >= 0.6 is 0 Å². The van der Waals surface area contributed by atoms with Gasteiger partial charge in [0.1, 0.15) is 18.0 Å². The van der Waals surface area contributed by atoms with Gasteiger partial charge in [-0.2, -0.15) is 0 Å². The second-order valence-electron chi connectivity index (χ2n) is 8.57. The van der Waals surface area contributed by atoms with Gasteiger partial charge in [-0.25, -0.2) is 23.4 Å². The molecule has 0 unspecified atom stereocenters. The van der Waals surface area contributed by atoms with Gasteiger partial charge in [0.2, 0.25) is 21.9 Å². The van der Waals surface area contributed by atoms with Crippen LogP contribution in [-0.2, 0) is 19.5 Å². The molecule has 13 heteroatoms. The standard InChI is InChI=1S/C22H29N7O5S/c1-13(2)34-18(19-24-9-14(3)10-25-19)15(4)35(30,31)28-22-27-26-20-17-7-6-8-23-21(17)33-12-16(11-32-5)29(20)22/h6-10,13,15-16,18H,11-12H2,1-5H3,(H,27,28)/t15-,16-,18+/m0/s1. The first-order valence-electron chi connectivity index (χ1n) is 11.2. The van der Waals surface area contributed by atoms with Gasteiger partial charge in [0.05, 0.1) is 24.3 Å². The molecule has 0 spiro atoms. The van der Waals surface area contributed by atoms with E-state index in [0.717, 1.165) is 5.56 Å². The molecule has 3 aromatic rings. The van der Waals surface area contributed by atoms with Crippen LogP contribution < -0.4 is 9.46 Å². The Hall–Kier alpha value is -3.16. The number of sulfonamides is 1. The summed E-state index contributed by atoms with van der Waals surface area (Å²) in [5.41, 5.74) is 1.46. The summed E-state index contributed by atoms with van der Waals surface area (Å²) >= 11 is 0. The van der Waals surface area contributed by atoms with Crippen LogP contribution in [0, 0.1) is 6.92 Å². The lowest BCUT2D eigenvalue weighted by Crippen LogP contribution is -2.35. The number of pyridine rings is 1. The molecule has 12 nitrogen and oxygen atoms in total. The van der Waals surface area contributed by atoms with E-state index >= 15 is 0 Å². The average Bonchev–Trinajstić information content (AvgIpc) is 3.15. The Morgan fingerprint density at radius 3 is 2.63 bits per heavy atom. The molecule has 0 amide bonds. The van der Waals surface area contributed by atoms with Gasteiger partial charge < -0.3 is 14.2 Å². The first-order valence-corrected chi connectivity index (χ1v) is 12.7. The number of hydrogen-bond acceptors (Lipinski definition) is 10. The number of rotatable bonds is 9. The van der Waals surface area contributed by atoms with Crippen molar-refractivity contribution < 1.29 is 22.6 Å². The highest BCUT2D eigenvalue weighted by Crippen LogP contribution is 2.35. The number of methoxy groups -OCH3 is 1. The van der Waals surface area contributed by atoms with E-state index in [1.54, 1.807) is 49.3 Å². The molecule has 1 N–H and O–H groups in total. The van der Waals surface area contributed by atoms with Crippen LogP contribution in [0.2, 0.25) is 0 Å². The summed E-state index contributed by atoms with van der Waals surface area (Å²) < 4.78 is 48.5. The predicted molar refractivity (Wildman–Crippen MR) is 127 cm³/mol. The minimum Gasteiger partial charge on any atom is -0.475 e. The fourth-order valence-corrected chi connectivity index (χ4v) is 4.83. The summed E-state index contributed by atoms with van der Waals surface area (Å²) in [6.45, 7) is 7.51. The minimum atomic E-state index is -4.02. The van der Waals surface area contributed by atoms with E-state index < -0.39 is 27.4 Å². The Kier molecular flexibility index (Phi) is 7.28. The lowest BCUT2D eigenvalue weighted by molar-refractivity contribution is 0.00152. The third-order valence-electron chi connectivity index (χ3n) is 5.47. The lowest BCUT2D eigenvalue weighted by atomic mass is 10.2. The van der Waals surface area contributed by atoms with Gasteiger partial charge >= 0.3 is 0 Å². The summed E-state index contributed by atoms with van der Waals surface area (Å²) in [6, 6.07) is 3.15. The van der Waals surface area contributed by atoms with Crippen LogP contribution in [-0.4, -0.2) is 69.8 Å². The third kappa shape index (κ3) is 5.26. The van der Waals surface area contributed by atoms with Crippen molar-refractivity contribution in [1.82, 2.24) is 29.7 Å². The predicted octanol–water partition coefficient (Wildman–Crippen LogP) is 2.31. The average molecular weight is 504 g/mol. The Morgan fingerprint density at radius 2 is 1.94 bits per heavy atom. The van der Waals surface area contributed by atoms with Gasteiger partial charge in [0, 0.05) is 25.7 Å². The van der Waals surface area contributed by atoms with E-state index in [1.165, 1.54) is 0 Å². The maximum atomic E-state index is 13.5. The number of hydrogen-bond donors (Lipinski definition) is 1. The molecule has 35 heavy (non-hydrogen) atoms. The minimum absolute atomic E-state index is 0.0438. The molecular weight excluding hydrogens is 474 g/mol. The Balaban J connectivity index is 1.70. The van der Waals surface area contributed by atoms with Crippen molar-refractivity contribution >= 4 is 16.0 Å². The molecule has 3 aromatic heterocycles. The molecule has 0 fully saturated rings. The highest BCUT2D eigenvalue weighted by Gasteiger charge is 2.37. The number of aromatic nitrogens is 6. The Labute approximate surface area is 204 Å². The van der Waals surface area contributed by atoms with Crippen molar-refractivity contribution in [3.05, 3.63) is 42.1 Å². The third-order valence-corrected chi connectivity index (χ3v) is 7.16. The number of fused-ring (bicyclic) bond motifs is 3. The molecule has 0 saturated heterocycles. The van der Waals surface area contributed by atoms with E-state index in [1.807, 2.05) is 20.8 Å². The van der Waals surface area contributed by atoms with Crippen molar-refractivity contribution in [2.24, 2.45) is 0 Å². The number of nitrogens with zero attached hydrogens (tertiary/aromatic N) is 6. The summed E-state index contributed by atoms with van der Waals surface area (Å²) in [7, 11) is -2.47. The summed E-state index contributed by atoms with van der Waals surface area (Å²) in [4.78, 5) is 12.9. The molecule has 0 aliphatic carbocycles. The van der Waals surface area contributed by atoms with Gasteiger partial charge in [-0.15, -0.1) is 10.2 Å². The molecular formula is C22H29N7O5S. The molecule has 1 aliphatic rings. The monoisotopic (exact) mass is 503 g/mol. The van der Waals surface area contributed by atoms with Gasteiger partial charge in [0.25, 0.3) is 0 Å². The van der Waals surface area contributed by atoms with Crippen LogP contribution in [0.25, 0.3) is 11.4 Å². The molecule has 0 radical (unpaired) electrons. The van der Waals surface area contributed by atoms with Crippen molar-refractivity contribution in [2.45, 2.75) is 51.2 Å². The van der Waals surface area contributed by atoms with E-state index in [-0.39, 0.29) is 31.1 Å². The maximum absolute atomic E-state index is 13.5. The smallest absolute Gasteiger partial charge is 0.240 e. The summed E-state index contributed by atoms with van der Waals surface area (Å²) in [5, 5.41) is 7.36. The van der Waals surface area contributed by atoms with Crippen LogP contribution in [0.1, 0.15) is 44.3 Å². The van der Waals surface area contributed by atoms with Crippen LogP contribution in [0.5, 0.6) is 5.88 Å².